The average Bonchev–Trinajstić information content (AvgIpc) is 3.22. The summed E-state index contributed by atoms with van der Waals surface area (Å²) >= 11 is 0. The van der Waals surface area contributed by atoms with E-state index in [1.54, 1.807) is 0 Å². The fourth-order valence-corrected chi connectivity index (χ4v) is 6.24. The second-order valence-electron chi connectivity index (χ2n) is 16.0. The van der Waals surface area contributed by atoms with Gasteiger partial charge in [0.2, 0.25) is 0 Å². The van der Waals surface area contributed by atoms with Gasteiger partial charge in [0, 0.05) is 13.0 Å². The Kier molecular flexibility index (Phi) is 41.3. The number of phosphoric acid groups is 1. The van der Waals surface area contributed by atoms with Gasteiger partial charge in [-0.1, -0.05) is 161 Å². The van der Waals surface area contributed by atoms with Gasteiger partial charge in [0.1, 0.15) is 19.3 Å². The van der Waals surface area contributed by atoms with Crippen LogP contribution >= 0.6 is 7.82 Å². The van der Waals surface area contributed by atoms with E-state index in [0.717, 1.165) is 96.3 Å². The zero-order valence-electron chi connectivity index (χ0n) is 39.1. The Morgan fingerprint density at radius 2 is 0.902 bits per heavy atom. The molecule has 0 spiro atoms. The van der Waals surface area contributed by atoms with Crippen LogP contribution in [0.2, 0.25) is 0 Å². The van der Waals surface area contributed by atoms with Gasteiger partial charge in [-0.3, -0.25) is 13.8 Å². The molecule has 61 heavy (non-hydrogen) atoms. The number of hydrogen-bond acceptors (Lipinski definition) is 6. The Labute approximate surface area is 373 Å². The average molecular weight is 869 g/mol. The number of unbranched alkanes of at least 4 members (excludes halogenated alkanes) is 7. The van der Waals surface area contributed by atoms with Crippen molar-refractivity contribution < 1.29 is 37.3 Å². The highest BCUT2D eigenvalue weighted by Crippen LogP contribution is 2.43. The topological polar surface area (TPSA) is 91.3 Å². The lowest BCUT2D eigenvalue weighted by atomic mass is 10.1. The van der Waals surface area contributed by atoms with Crippen LogP contribution in [0.3, 0.4) is 0 Å². The van der Waals surface area contributed by atoms with Crippen molar-refractivity contribution in [2.45, 2.75) is 148 Å². The maximum atomic E-state index is 12.7. The second kappa shape index (κ2) is 43.5. The van der Waals surface area contributed by atoms with Crippen molar-refractivity contribution in [3.63, 3.8) is 0 Å². The van der Waals surface area contributed by atoms with Gasteiger partial charge < -0.3 is 18.9 Å². The number of ether oxygens (including phenoxy) is 2. The third-order valence-electron chi connectivity index (χ3n) is 9.02. The predicted octanol–water partition coefficient (Wildman–Crippen LogP) is 14.2. The molecule has 0 saturated heterocycles. The van der Waals surface area contributed by atoms with Crippen molar-refractivity contribution in [2.75, 3.05) is 54.1 Å². The van der Waals surface area contributed by atoms with Crippen molar-refractivity contribution in [3.05, 3.63) is 122 Å². The number of allylic oxidation sites excluding steroid dienone is 20. The first-order valence-electron chi connectivity index (χ1n) is 23.3. The number of esters is 1. The molecule has 8 nitrogen and oxygen atoms in total. The van der Waals surface area contributed by atoms with E-state index in [0.29, 0.717) is 24.1 Å². The Hall–Kier alpha value is -3.10. The van der Waals surface area contributed by atoms with Gasteiger partial charge >= 0.3 is 13.8 Å². The molecule has 0 bridgehead atoms. The molecule has 0 rings (SSSR count). The van der Waals surface area contributed by atoms with Crippen LogP contribution in [-0.2, 0) is 27.9 Å². The molecule has 0 radical (unpaired) electrons. The number of carbonyl (C=O) groups is 1. The smallest absolute Gasteiger partial charge is 0.457 e. The van der Waals surface area contributed by atoms with Gasteiger partial charge in [0.05, 0.1) is 34.4 Å². The molecule has 0 aromatic carbocycles. The number of quaternary nitrogens is 1. The van der Waals surface area contributed by atoms with E-state index in [-0.39, 0.29) is 32.2 Å². The molecule has 1 N–H and O–H groups in total. The van der Waals surface area contributed by atoms with Gasteiger partial charge in [-0.05, 0) is 96.3 Å². The molecule has 0 heterocycles. The van der Waals surface area contributed by atoms with Crippen LogP contribution in [0.1, 0.15) is 142 Å². The minimum atomic E-state index is -4.31. The van der Waals surface area contributed by atoms with E-state index < -0.39 is 13.9 Å². The van der Waals surface area contributed by atoms with E-state index in [9.17, 15) is 14.3 Å². The fraction of sp³-hybridized carbons (Fsp3) is 0.596. The van der Waals surface area contributed by atoms with Gasteiger partial charge in [-0.15, -0.1) is 0 Å². The zero-order valence-corrected chi connectivity index (χ0v) is 40.0. The summed E-state index contributed by atoms with van der Waals surface area (Å²) in [6.07, 6.45) is 62.5. The number of nitrogens with zero attached hydrogens (tertiary/aromatic N) is 1. The first-order chi connectivity index (χ1) is 29.6. The van der Waals surface area contributed by atoms with E-state index in [1.165, 1.54) is 19.3 Å². The summed E-state index contributed by atoms with van der Waals surface area (Å²) < 4.78 is 35.0. The van der Waals surface area contributed by atoms with Crippen LogP contribution in [0.4, 0.5) is 0 Å². The van der Waals surface area contributed by atoms with Crippen LogP contribution in [0.15, 0.2) is 122 Å². The highest BCUT2D eigenvalue weighted by atomic mass is 31.2. The minimum absolute atomic E-state index is 0.0669. The third-order valence-corrected chi connectivity index (χ3v) is 10.0. The Bertz CT molecular complexity index is 1380. The lowest BCUT2D eigenvalue weighted by Crippen LogP contribution is -2.37. The Morgan fingerprint density at radius 3 is 1.34 bits per heavy atom. The molecule has 0 amide bonds. The van der Waals surface area contributed by atoms with E-state index in [2.05, 4.69) is 135 Å². The summed E-state index contributed by atoms with van der Waals surface area (Å²) in [5.74, 6) is -0.382. The van der Waals surface area contributed by atoms with Crippen molar-refractivity contribution in [1.29, 1.82) is 0 Å². The van der Waals surface area contributed by atoms with Crippen LogP contribution in [0.25, 0.3) is 0 Å². The summed E-state index contributed by atoms with van der Waals surface area (Å²) in [4.78, 5) is 22.9. The number of hydrogen-bond donors (Lipinski definition) is 1. The monoisotopic (exact) mass is 869 g/mol. The number of phosphoric ester groups is 1. The summed E-state index contributed by atoms with van der Waals surface area (Å²) in [6, 6.07) is 0. The Morgan fingerprint density at radius 1 is 0.508 bits per heavy atom. The van der Waals surface area contributed by atoms with Crippen molar-refractivity contribution >= 4 is 13.8 Å². The van der Waals surface area contributed by atoms with Crippen LogP contribution in [0, 0.1) is 0 Å². The van der Waals surface area contributed by atoms with Crippen LogP contribution < -0.4 is 0 Å². The molecule has 0 aliphatic carbocycles. The summed E-state index contributed by atoms with van der Waals surface area (Å²) in [7, 11) is 1.60. The van der Waals surface area contributed by atoms with Crippen LogP contribution in [-0.4, -0.2) is 75.6 Å². The maximum absolute atomic E-state index is 12.7. The maximum Gasteiger partial charge on any atom is 0.472 e. The molecule has 2 atom stereocenters. The van der Waals surface area contributed by atoms with Crippen LogP contribution in [0.5, 0.6) is 0 Å². The molecule has 346 valence electrons. The van der Waals surface area contributed by atoms with Gasteiger partial charge in [-0.2, -0.15) is 0 Å². The highest BCUT2D eigenvalue weighted by molar-refractivity contribution is 7.47. The molecule has 9 heteroatoms. The normalized spacial score (nSPS) is 14.8. The zero-order chi connectivity index (χ0) is 44.8. The summed E-state index contributed by atoms with van der Waals surface area (Å²) in [5.41, 5.74) is 0. The number of carbonyl (C=O) groups excluding carboxylic acids is 1. The van der Waals surface area contributed by atoms with Crippen molar-refractivity contribution in [2.24, 2.45) is 0 Å². The second-order valence-corrected chi connectivity index (χ2v) is 17.5. The number of rotatable bonds is 41. The molecule has 0 aliphatic rings. The first-order valence-corrected chi connectivity index (χ1v) is 24.8. The summed E-state index contributed by atoms with van der Waals surface area (Å²) in [6.45, 7) is 5.24. The number of likely N-dealkylation sites (N-methyl/N-ethyl adjacent to an activating group) is 1. The predicted molar refractivity (Wildman–Crippen MR) is 260 cm³/mol. The largest absolute Gasteiger partial charge is 0.472 e. The molecule has 0 aliphatic heterocycles. The van der Waals surface area contributed by atoms with Gasteiger partial charge in [0.25, 0.3) is 0 Å². The molecule has 0 fully saturated rings. The van der Waals surface area contributed by atoms with E-state index in [1.807, 2.05) is 21.1 Å². The quantitative estimate of drug-likeness (QED) is 0.0215. The van der Waals surface area contributed by atoms with E-state index >= 15 is 0 Å². The fourth-order valence-electron chi connectivity index (χ4n) is 5.50. The standard InChI is InChI=1S/C52H86NO7P/c1-6-8-10-12-14-16-18-20-22-24-25-26-27-28-30-32-34-36-38-40-42-44-47-57-49-51(50-59-61(55,56)58-48-46-53(3,4)5)60-52(54)45-43-41-39-37-35-33-31-29-23-21-19-17-15-13-11-9-7-2/h8-11,14-17,20-23,25-26,28,30-31,33,37,39,51H,6-7,12-13,18-19,24,27,29,32,34-36,38,40-50H2,1-5H3/p+1/b10-8-,11-9-,16-14-,17-15-,22-20-,23-21-,26-25-,30-28-,33-31-,39-37-. The summed E-state index contributed by atoms with van der Waals surface area (Å²) in [5, 5.41) is 0. The van der Waals surface area contributed by atoms with Gasteiger partial charge in [-0.25, -0.2) is 4.57 Å². The lowest BCUT2D eigenvalue weighted by Gasteiger charge is -2.24. The van der Waals surface area contributed by atoms with Crippen molar-refractivity contribution in [3.8, 4) is 0 Å². The highest BCUT2D eigenvalue weighted by Gasteiger charge is 2.26. The molecule has 0 saturated carbocycles. The molecular formula is C52H87NO7P+. The molecule has 0 aromatic heterocycles. The first kappa shape index (κ1) is 57.9. The SMILES string of the molecule is CC/C=C\C/C=C\C/C=C\C/C=C\C/C=C\CCCCCCCCOCC(COP(=O)(O)OCC[N+](C)(C)C)OC(=O)CCC/C=C\C/C=C\C/C=C\C/C=C\C/C=C\CC. The third kappa shape index (κ3) is 47.8. The lowest BCUT2D eigenvalue weighted by molar-refractivity contribution is -0.870. The molecule has 0 aromatic rings. The van der Waals surface area contributed by atoms with E-state index in [4.69, 9.17) is 18.5 Å². The Balaban J connectivity index is 4.35. The molecule has 2 unspecified atom stereocenters. The van der Waals surface area contributed by atoms with Crippen molar-refractivity contribution in [1.82, 2.24) is 0 Å². The van der Waals surface area contributed by atoms with Gasteiger partial charge in [0.15, 0.2) is 0 Å². The molecular weight excluding hydrogens is 782 g/mol. The minimum Gasteiger partial charge on any atom is -0.457 e.